The molecule has 3 rings (SSSR count). The zero-order chi connectivity index (χ0) is 15.0. The number of imidazole rings is 1. The molecule has 0 fully saturated rings. The van der Waals surface area contributed by atoms with Crippen LogP contribution in [0.15, 0.2) is 42.6 Å². The molecule has 0 radical (unpaired) electrons. The first kappa shape index (κ1) is 14.1. The number of anilines is 2. The van der Waals surface area contributed by atoms with Gasteiger partial charge in [0.2, 0.25) is 0 Å². The summed E-state index contributed by atoms with van der Waals surface area (Å²) in [5.74, 6) is 0.989. The summed E-state index contributed by atoms with van der Waals surface area (Å²) in [6.45, 7) is 4.25. The van der Waals surface area contributed by atoms with Crippen LogP contribution in [-0.2, 0) is 5.33 Å². The van der Waals surface area contributed by atoms with Gasteiger partial charge in [0.25, 0.3) is 0 Å². The fourth-order valence-electron chi connectivity index (χ4n) is 2.69. The summed E-state index contributed by atoms with van der Waals surface area (Å²) < 4.78 is 2.13. The number of aromatic nitrogens is 2. The average Bonchev–Trinajstić information content (AvgIpc) is 2.83. The Bertz CT molecular complexity index is 772. The molecule has 0 spiro atoms. The van der Waals surface area contributed by atoms with E-state index in [1.165, 1.54) is 11.1 Å². The number of hydrogen-bond donors (Lipinski definition) is 0. The van der Waals surface area contributed by atoms with E-state index in [4.69, 9.17) is 4.98 Å². The van der Waals surface area contributed by atoms with Gasteiger partial charge in [-0.15, -0.1) is 0 Å². The van der Waals surface area contributed by atoms with Crippen LogP contribution in [0.2, 0.25) is 0 Å². The Morgan fingerprint density at radius 1 is 1.14 bits per heavy atom. The molecule has 0 amide bonds. The molecule has 3 aromatic rings. The first-order valence-corrected chi connectivity index (χ1v) is 8.06. The summed E-state index contributed by atoms with van der Waals surface area (Å²) in [6.07, 6.45) is 2.05. The number of aryl methyl sites for hydroxylation is 2. The molecule has 4 heteroatoms. The third-order valence-corrected chi connectivity index (χ3v) is 4.18. The summed E-state index contributed by atoms with van der Waals surface area (Å²) in [7, 11) is 2.07. The van der Waals surface area contributed by atoms with Gasteiger partial charge in [-0.05, 0) is 49.2 Å². The van der Waals surface area contributed by atoms with E-state index in [2.05, 4.69) is 70.5 Å². The number of fused-ring (bicyclic) bond motifs is 1. The van der Waals surface area contributed by atoms with Crippen LogP contribution in [0.5, 0.6) is 0 Å². The van der Waals surface area contributed by atoms with Gasteiger partial charge in [0, 0.05) is 24.3 Å². The first-order chi connectivity index (χ1) is 10.1. The third kappa shape index (κ3) is 2.56. The number of alkyl halides is 1. The van der Waals surface area contributed by atoms with Gasteiger partial charge in [0.15, 0.2) is 5.82 Å². The van der Waals surface area contributed by atoms with E-state index in [-0.39, 0.29) is 0 Å². The molecule has 3 nitrogen and oxygen atoms in total. The van der Waals surface area contributed by atoms with Gasteiger partial charge in [-0.1, -0.05) is 28.1 Å². The smallest absolute Gasteiger partial charge is 0.156 e. The van der Waals surface area contributed by atoms with Crippen LogP contribution in [0.25, 0.3) is 5.65 Å². The van der Waals surface area contributed by atoms with Crippen molar-refractivity contribution in [2.75, 3.05) is 11.9 Å². The minimum absolute atomic E-state index is 0.767. The fourth-order valence-corrected chi connectivity index (χ4v) is 3.21. The van der Waals surface area contributed by atoms with Crippen LogP contribution in [-0.4, -0.2) is 16.4 Å². The molecule has 0 N–H and O–H groups in total. The molecule has 2 heterocycles. The van der Waals surface area contributed by atoms with Crippen LogP contribution in [0.4, 0.5) is 11.5 Å². The Morgan fingerprint density at radius 2 is 1.86 bits per heavy atom. The molecule has 0 aliphatic carbocycles. The van der Waals surface area contributed by atoms with Crippen LogP contribution in [0.1, 0.15) is 16.8 Å². The van der Waals surface area contributed by atoms with E-state index >= 15 is 0 Å². The Balaban J connectivity index is 2.14. The van der Waals surface area contributed by atoms with E-state index in [1.807, 2.05) is 18.2 Å². The number of rotatable bonds is 3. The molecule has 0 unspecified atom stereocenters. The number of benzene rings is 1. The van der Waals surface area contributed by atoms with Crippen molar-refractivity contribution in [1.82, 2.24) is 9.38 Å². The van der Waals surface area contributed by atoms with E-state index in [0.29, 0.717) is 0 Å². The Labute approximate surface area is 133 Å². The lowest BCUT2D eigenvalue weighted by molar-refractivity contribution is 1.07. The molecule has 108 valence electrons. The summed E-state index contributed by atoms with van der Waals surface area (Å²) in [5, 5.41) is 0.767. The lowest BCUT2D eigenvalue weighted by Gasteiger charge is -2.19. The molecule has 2 aromatic heterocycles. The predicted octanol–water partition coefficient (Wildman–Crippen LogP) is 4.61. The average molecular weight is 344 g/mol. The highest BCUT2D eigenvalue weighted by atomic mass is 79.9. The molecule has 0 saturated heterocycles. The minimum Gasteiger partial charge on any atom is -0.328 e. The summed E-state index contributed by atoms with van der Waals surface area (Å²) in [5.41, 5.74) is 5.82. The van der Waals surface area contributed by atoms with Gasteiger partial charge in [-0.2, -0.15) is 0 Å². The molecular formula is C17H18BrN3. The summed E-state index contributed by atoms with van der Waals surface area (Å²) in [6, 6.07) is 12.6. The van der Waals surface area contributed by atoms with E-state index in [9.17, 15) is 0 Å². The molecule has 0 aliphatic rings. The van der Waals surface area contributed by atoms with Crippen LogP contribution in [0.3, 0.4) is 0 Å². The highest BCUT2D eigenvalue weighted by molar-refractivity contribution is 9.08. The standard InChI is InChI=1S/C17H18BrN3/c1-12-8-13(2)10-14(9-12)20(3)17-15(11-18)21-7-5-4-6-16(21)19-17/h4-10H,11H2,1-3H3. The lowest BCUT2D eigenvalue weighted by Crippen LogP contribution is -2.12. The number of hydrogen-bond acceptors (Lipinski definition) is 2. The van der Waals surface area contributed by atoms with Crippen LogP contribution >= 0.6 is 15.9 Å². The third-order valence-electron chi connectivity index (χ3n) is 3.65. The van der Waals surface area contributed by atoms with Crippen molar-refractivity contribution in [2.45, 2.75) is 19.2 Å². The Morgan fingerprint density at radius 3 is 2.52 bits per heavy atom. The Hall–Kier alpha value is -1.81. The summed E-state index contributed by atoms with van der Waals surface area (Å²) in [4.78, 5) is 6.93. The fraction of sp³-hybridized carbons (Fsp3) is 0.235. The van der Waals surface area contributed by atoms with Crippen LogP contribution in [0, 0.1) is 13.8 Å². The molecule has 0 saturated carbocycles. The Kier molecular flexibility index (Phi) is 3.72. The zero-order valence-electron chi connectivity index (χ0n) is 12.5. The monoisotopic (exact) mass is 343 g/mol. The predicted molar refractivity (Wildman–Crippen MR) is 91.8 cm³/mol. The van der Waals surface area contributed by atoms with Gasteiger partial charge in [-0.3, -0.25) is 0 Å². The zero-order valence-corrected chi connectivity index (χ0v) is 14.1. The molecular weight excluding hydrogens is 326 g/mol. The second kappa shape index (κ2) is 5.53. The number of pyridine rings is 1. The van der Waals surface area contributed by atoms with Crippen molar-refractivity contribution in [1.29, 1.82) is 0 Å². The van der Waals surface area contributed by atoms with Gasteiger partial charge in [-0.25, -0.2) is 4.98 Å². The highest BCUT2D eigenvalue weighted by Crippen LogP contribution is 2.29. The number of halogens is 1. The van der Waals surface area contributed by atoms with Crippen LogP contribution < -0.4 is 4.90 Å². The highest BCUT2D eigenvalue weighted by Gasteiger charge is 2.16. The summed E-state index contributed by atoms with van der Waals surface area (Å²) >= 11 is 3.59. The van der Waals surface area contributed by atoms with Gasteiger partial charge in [0.05, 0.1) is 5.69 Å². The normalized spacial score (nSPS) is 11.0. The van der Waals surface area contributed by atoms with Gasteiger partial charge < -0.3 is 9.30 Å². The second-order valence-corrected chi connectivity index (χ2v) is 5.91. The lowest BCUT2D eigenvalue weighted by atomic mass is 10.1. The van der Waals surface area contributed by atoms with Crippen molar-refractivity contribution >= 4 is 33.1 Å². The topological polar surface area (TPSA) is 20.5 Å². The van der Waals surface area contributed by atoms with Gasteiger partial charge in [0.1, 0.15) is 5.65 Å². The van der Waals surface area contributed by atoms with Crippen molar-refractivity contribution in [3.05, 3.63) is 59.4 Å². The SMILES string of the molecule is Cc1cc(C)cc(N(C)c2nc3ccccn3c2CBr)c1. The van der Waals surface area contributed by atoms with Crippen molar-refractivity contribution in [2.24, 2.45) is 0 Å². The van der Waals surface area contributed by atoms with E-state index in [0.717, 1.165) is 28.2 Å². The molecule has 1 aromatic carbocycles. The number of nitrogens with zero attached hydrogens (tertiary/aromatic N) is 3. The molecule has 0 atom stereocenters. The van der Waals surface area contributed by atoms with Crippen molar-refractivity contribution < 1.29 is 0 Å². The quantitative estimate of drug-likeness (QED) is 0.647. The van der Waals surface area contributed by atoms with E-state index in [1.54, 1.807) is 0 Å². The van der Waals surface area contributed by atoms with Gasteiger partial charge >= 0.3 is 0 Å². The maximum Gasteiger partial charge on any atom is 0.156 e. The molecule has 21 heavy (non-hydrogen) atoms. The first-order valence-electron chi connectivity index (χ1n) is 6.94. The molecule has 0 bridgehead atoms. The van der Waals surface area contributed by atoms with E-state index < -0.39 is 0 Å². The second-order valence-electron chi connectivity index (χ2n) is 5.35. The minimum atomic E-state index is 0.767. The van der Waals surface area contributed by atoms with Crippen molar-refractivity contribution in [3.63, 3.8) is 0 Å². The van der Waals surface area contributed by atoms with Crippen molar-refractivity contribution in [3.8, 4) is 0 Å². The maximum atomic E-state index is 4.78. The molecule has 0 aliphatic heterocycles. The largest absolute Gasteiger partial charge is 0.328 e. The maximum absolute atomic E-state index is 4.78.